The van der Waals surface area contributed by atoms with Crippen LogP contribution in [0.3, 0.4) is 0 Å². The number of anilines is 2. The molecule has 0 amide bonds. The predicted octanol–water partition coefficient (Wildman–Crippen LogP) is 3.78. The highest BCUT2D eigenvalue weighted by Gasteiger charge is 2.27. The monoisotopic (exact) mass is 428 g/mol. The Balaban J connectivity index is 1.28. The summed E-state index contributed by atoms with van der Waals surface area (Å²) in [6, 6.07) is 8.72. The Morgan fingerprint density at radius 1 is 1.03 bits per heavy atom. The van der Waals surface area contributed by atoms with Crippen LogP contribution in [0.15, 0.2) is 24.3 Å². The highest BCUT2D eigenvalue weighted by Crippen LogP contribution is 2.40. The van der Waals surface area contributed by atoms with E-state index in [0.717, 1.165) is 63.3 Å². The van der Waals surface area contributed by atoms with Crippen molar-refractivity contribution < 1.29 is 14.9 Å². The molecule has 2 heterocycles. The number of rotatable bonds is 9. The summed E-state index contributed by atoms with van der Waals surface area (Å²) in [7, 11) is 0. The van der Waals surface area contributed by atoms with E-state index in [9.17, 15) is 10.2 Å². The fraction of sp³-hybridized carbons (Fsp3) is 0.583. The van der Waals surface area contributed by atoms with Gasteiger partial charge in [0.25, 0.3) is 0 Å². The molecule has 0 atom stereocenters. The molecule has 1 aromatic carbocycles. The first-order valence-electron chi connectivity index (χ1n) is 11.5. The van der Waals surface area contributed by atoms with Crippen molar-refractivity contribution in [3.05, 3.63) is 29.8 Å². The molecule has 7 heteroatoms. The third kappa shape index (κ3) is 5.03. The number of para-hydroxylation sites is 2. The Morgan fingerprint density at radius 3 is 2.42 bits per heavy atom. The lowest BCUT2D eigenvalue weighted by molar-refractivity contribution is 0.235. The van der Waals surface area contributed by atoms with Gasteiger partial charge in [0, 0.05) is 44.3 Å². The predicted molar refractivity (Wildman–Crippen MR) is 125 cm³/mol. The zero-order valence-corrected chi connectivity index (χ0v) is 19.0. The van der Waals surface area contributed by atoms with E-state index in [4.69, 9.17) is 4.74 Å². The minimum Gasteiger partial charge on any atom is -0.494 e. The molecule has 31 heavy (non-hydrogen) atoms. The largest absolute Gasteiger partial charge is 0.494 e. The molecule has 2 aromatic rings. The van der Waals surface area contributed by atoms with Gasteiger partial charge in [-0.05, 0) is 58.7 Å². The molecular formula is C24H36N4O3. The molecule has 2 aliphatic rings. The van der Waals surface area contributed by atoms with Crippen molar-refractivity contribution >= 4 is 11.4 Å². The van der Waals surface area contributed by atoms with Gasteiger partial charge in [0.1, 0.15) is 11.4 Å². The van der Waals surface area contributed by atoms with Crippen LogP contribution in [-0.2, 0) is 6.54 Å². The third-order valence-corrected chi connectivity index (χ3v) is 6.17. The molecule has 0 bridgehead atoms. The minimum atomic E-state index is 0.160. The second kappa shape index (κ2) is 9.30. The van der Waals surface area contributed by atoms with Crippen LogP contribution in [0.1, 0.15) is 38.7 Å². The van der Waals surface area contributed by atoms with Crippen LogP contribution in [-0.4, -0.2) is 64.5 Å². The number of nitrogens with one attached hydrogen (secondary N) is 1. The molecule has 1 saturated carbocycles. The molecule has 0 spiro atoms. The topological polar surface area (TPSA) is 73.1 Å². The maximum Gasteiger partial charge on any atom is 0.218 e. The van der Waals surface area contributed by atoms with Crippen LogP contribution >= 0.6 is 0 Å². The standard InChI is InChI=1S/C24H36N4O3/c1-17(2)31-21-8-5-4-7-20(21)27-15-13-26(14-16-27)11-6-12-28-23(29)18(3)22(24(28)30)25-19-9-10-19/h4-5,7-8,17,19,25,29-30H,6,9-16H2,1-3H3. The SMILES string of the molecule is Cc1c(NC2CC2)c(O)n(CCCN2CCN(c3ccccc3OC(C)C)CC2)c1O. The number of aromatic hydroxyl groups is 2. The zero-order chi connectivity index (χ0) is 22.0. The summed E-state index contributed by atoms with van der Waals surface area (Å²) < 4.78 is 7.63. The second-order valence-corrected chi connectivity index (χ2v) is 9.03. The third-order valence-electron chi connectivity index (χ3n) is 6.17. The Labute approximate surface area is 185 Å². The van der Waals surface area contributed by atoms with Crippen LogP contribution < -0.4 is 15.0 Å². The average molecular weight is 429 g/mol. The molecule has 1 aliphatic carbocycles. The van der Waals surface area contributed by atoms with Crippen molar-refractivity contribution in [1.29, 1.82) is 0 Å². The summed E-state index contributed by atoms with van der Waals surface area (Å²) in [5.41, 5.74) is 2.60. The Morgan fingerprint density at radius 2 is 1.74 bits per heavy atom. The first kappa shape index (κ1) is 21.7. The minimum absolute atomic E-state index is 0.160. The van der Waals surface area contributed by atoms with Crippen LogP contribution in [0.25, 0.3) is 0 Å². The quantitative estimate of drug-likeness (QED) is 0.565. The first-order chi connectivity index (χ1) is 14.9. The lowest BCUT2D eigenvalue weighted by atomic mass is 10.2. The highest BCUT2D eigenvalue weighted by molar-refractivity contribution is 5.65. The molecule has 3 N–H and O–H groups in total. The molecule has 0 radical (unpaired) electrons. The molecule has 170 valence electrons. The molecular weight excluding hydrogens is 392 g/mol. The van der Waals surface area contributed by atoms with Crippen LogP contribution in [0.5, 0.6) is 17.5 Å². The van der Waals surface area contributed by atoms with Crippen LogP contribution in [0, 0.1) is 6.92 Å². The number of nitrogens with zero attached hydrogens (tertiary/aromatic N) is 3. The number of hydrogen-bond donors (Lipinski definition) is 3. The Hall–Kier alpha value is -2.54. The van der Waals surface area contributed by atoms with Crippen molar-refractivity contribution in [3.8, 4) is 17.5 Å². The van der Waals surface area contributed by atoms with E-state index in [1.807, 2.05) is 19.1 Å². The number of benzene rings is 1. The van der Waals surface area contributed by atoms with Crippen molar-refractivity contribution in [2.45, 2.75) is 58.7 Å². The van der Waals surface area contributed by atoms with E-state index < -0.39 is 0 Å². The highest BCUT2D eigenvalue weighted by atomic mass is 16.5. The summed E-state index contributed by atoms with van der Waals surface area (Å²) in [4.78, 5) is 4.85. The van der Waals surface area contributed by atoms with Crippen LogP contribution in [0.2, 0.25) is 0 Å². The Kier molecular flexibility index (Phi) is 6.51. The lowest BCUT2D eigenvalue weighted by Crippen LogP contribution is -2.46. The van der Waals surface area contributed by atoms with Gasteiger partial charge < -0.3 is 25.2 Å². The molecule has 1 aliphatic heterocycles. The van der Waals surface area contributed by atoms with Gasteiger partial charge in [-0.2, -0.15) is 0 Å². The van der Waals surface area contributed by atoms with Gasteiger partial charge in [0.2, 0.25) is 5.88 Å². The van der Waals surface area contributed by atoms with Crippen molar-refractivity contribution in [3.63, 3.8) is 0 Å². The first-order valence-corrected chi connectivity index (χ1v) is 11.5. The van der Waals surface area contributed by atoms with E-state index in [1.54, 1.807) is 4.57 Å². The second-order valence-electron chi connectivity index (χ2n) is 9.03. The maximum atomic E-state index is 10.6. The number of ether oxygens (including phenoxy) is 1. The number of piperazine rings is 1. The van der Waals surface area contributed by atoms with Gasteiger partial charge in [0.05, 0.1) is 11.8 Å². The summed E-state index contributed by atoms with van der Waals surface area (Å²) in [6.45, 7) is 11.4. The van der Waals surface area contributed by atoms with Crippen molar-refractivity contribution in [2.24, 2.45) is 0 Å². The fourth-order valence-electron chi connectivity index (χ4n) is 4.27. The van der Waals surface area contributed by atoms with Gasteiger partial charge in [-0.15, -0.1) is 0 Å². The maximum absolute atomic E-state index is 10.6. The van der Waals surface area contributed by atoms with Gasteiger partial charge in [-0.3, -0.25) is 9.47 Å². The van der Waals surface area contributed by atoms with Crippen molar-refractivity contribution in [1.82, 2.24) is 9.47 Å². The zero-order valence-electron chi connectivity index (χ0n) is 19.0. The molecule has 2 fully saturated rings. The van der Waals surface area contributed by atoms with Gasteiger partial charge in [-0.1, -0.05) is 12.1 Å². The van der Waals surface area contributed by atoms with Gasteiger partial charge >= 0.3 is 0 Å². The fourth-order valence-corrected chi connectivity index (χ4v) is 4.27. The molecule has 0 unspecified atom stereocenters. The molecule has 4 rings (SSSR count). The van der Waals surface area contributed by atoms with Crippen molar-refractivity contribution in [2.75, 3.05) is 42.9 Å². The average Bonchev–Trinajstić information content (AvgIpc) is 3.55. The Bertz CT molecular complexity index is 883. The lowest BCUT2D eigenvalue weighted by Gasteiger charge is -2.37. The van der Waals surface area contributed by atoms with E-state index in [-0.39, 0.29) is 17.9 Å². The molecule has 1 saturated heterocycles. The van der Waals surface area contributed by atoms with E-state index in [2.05, 4.69) is 41.1 Å². The molecule has 1 aromatic heterocycles. The summed E-state index contributed by atoms with van der Waals surface area (Å²) in [5.74, 6) is 1.29. The van der Waals surface area contributed by atoms with Crippen LogP contribution in [0.4, 0.5) is 11.4 Å². The smallest absolute Gasteiger partial charge is 0.218 e. The summed E-state index contributed by atoms with van der Waals surface area (Å²) in [6.07, 6.45) is 3.30. The number of hydrogen-bond acceptors (Lipinski definition) is 6. The van der Waals surface area contributed by atoms with Gasteiger partial charge in [-0.25, -0.2) is 0 Å². The summed E-state index contributed by atoms with van der Waals surface area (Å²) in [5, 5.41) is 24.3. The summed E-state index contributed by atoms with van der Waals surface area (Å²) >= 11 is 0. The number of aromatic nitrogens is 1. The van der Waals surface area contributed by atoms with E-state index >= 15 is 0 Å². The normalized spacial score (nSPS) is 17.4. The molecule has 7 nitrogen and oxygen atoms in total. The van der Waals surface area contributed by atoms with Gasteiger partial charge in [0.15, 0.2) is 5.88 Å². The van der Waals surface area contributed by atoms with E-state index in [1.165, 1.54) is 5.69 Å². The van der Waals surface area contributed by atoms with E-state index in [0.29, 0.717) is 18.3 Å².